The molecule has 0 amide bonds. The van der Waals surface area contributed by atoms with E-state index in [2.05, 4.69) is 15.3 Å². The van der Waals surface area contributed by atoms with Gasteiger partial charge in [0.05, 0.1) is 5.56 Å². The van der Waals surface area contributed by atoms with Gasteiger partial charge < -0.3 is 10.1 Å². The summed E-state index contributed by atoms with van der Waals surface area (Å²) in [6.07, 6.45) is 4.38. The van der Waals surface area contributed by atoms with Crippen LogP contribution in [0, 0.1) is 5.82 Å². The van der Waals surface area contributed by atoms with Gasteiger partial charge in [-0.3, -0.25) is 9.98 Å². The quantitative estimate of drug-likeness (QED) is 0.939. The molecule has 1 aliphatic heterocycles. The molecule has 0 saturated heterocycles. The van der Waals surface area contributed by atoms with Gasteiger partial charge in [-0.1, -0.05) is 6.07 Å². The molecule has 2 aromatic rings. The highest BCUT2D eigenvalue weighted by Crippen LogP contribution is 2.23. The van der Waals surface area contributed by atoms with Gasteiger partial charge in [0, 0.05) is 25.5 Å². The number of nitrogens with zero attached hydrogens (tertiary/aromatic N) is 2. The first-order chi connectivity index (χ1) is 10.3. The molecule has 0 aliphatic carbocycles. The molecule has 1 aromatic carbocycles. The maximum absolute atomic E-state index is 14.1. The van der Waals surface area contributed by atoms with E-state index in [0.29, 0.717) is 30.3 Å². The zero-order chi connectivity index (χ0) is 14.5. The van der Waals surface area contributed by atoms with Crippen molar-refractivity contribution in [1.29, 1.82) is 0 Å². The molecule has 0 fully saturated rings. The number of aliphatic imine (C=N–C) groups is 1. The molecule has 0 spiro atoms. The summed E-state index contributed by atoms with van der Waals surface area (Å²) in [4.78, 5) is 8.31. The first-order valence-electron chi connectivity index (χ1n) is 6.93. The third-order valence-corrected chi connectivity index (χ3v) is 3.25. The second-order valence-electron chi connectivity index (χ2n) is 4.77. The first-order valence-corrected chi connectivity index (χ1v) is 6.93. The molecule has 1 N–H and O–H groups in total. The lowest BCUT2D eigenvalue weighted by atomic mass is 10.1. The predicted octanol–water partition coefficient (Wildman–Crippen LogP) is 2.54. The minimum Gasteiger partial charge on any atom is -0.488 e. The van der Waals surface area contributed by atoms with Gasteiger partial charge in [-0.05, 0) is 36.2 Å². The minimum atomic E-state index is -0.324. The number of aromatic nitrogens is 1. The van der Waals surface area contributed by atoms with Crippen LogP contribution in [0.25, 0.3) is 0 Å². The Kier molecular flexibility index (Phi) is 4.09. The molecule has 0 radical (unpaired) electrons. The number of hydrogen-bond donors (Lipinski definition) is 1. The number of pyridine rings is 1. The molecule has 21 heavy (non-hydrogen) atoms. The van der Waals surface area contributed by atoms with Crippen LogP contribution in [0.4, 0.5) is 4.39 Å². The van der Waals surface area contributed by atoms with Gasteiger partial charge in [0.15, 0.2) is 0 Å². The molecule has 2 heterocycles. The molecular weight excluding hydrogens is 269 g/mol. The summed E-state index contributed by atoms with van der Waals surface area (Å²) in [5.41, 5.74) is 1.39. The third kappa shape index (κ3) is 3.18. The Labute approximate surface area is 122 Å². The third-order valence-electron chi connectivity index (χ3n) is 3.25. The van der Waals surface area contributed by atoms with E-state index in [0.717, 1.165) is 18.5 Å². The Morgan fingerprint density at radius 3 is 2.81 bits per heavy atom. The molecule has 3 rings (SSSR count). The normalized spacial score (nSPS) is 14.2. The maximum atomic E-state index is 14.1. The van der Waals surface area contributed by atoms with Gasteiger partial charge in [0.1, 0.15) is 24.0 Å². The molecule has 5 heteroatoms. The van der Waals surface area contributed by atoms with E-state index in [1.165, 1.54) is 6.07 Å². The smallest absolute Gasteiger partial charge is 0.137 e. The summed E-state index contributed by atoms with van der Waals surface area (Å²) in [7, 11) is 0. The van der Waals surface area contributed by atoms with E-state index in [1.807, 2.05) is 12.1 Å². The fraction of sp³-hybridized carbons (Fsp3) is 0.250. The Hall–Kier alpha value is -2.43. The van der Waals surface area contributed by atoms with Crippen LogP contribution in [-0.2, 0) is 6.61 Å². The number of hydrogen-bond acceptors (Lipinski definition) is 4. The second kappa shape index (κ2) is 6.35. The van der Waals surface area contributed by atoms with Gasteiger partial charge in [-0.15, -0.1) is 0 Å². The summed E-state index contributed by atoms with van der Waals surface area (Å²) in [5.74, 6) is 0.749. The lowest BCUT2D eigenvalue weighted by Crippen LogP contribution is -2.31. The molecule has 1 aliphatic rings. The number of rotatable bonds is 4. The van der Waals surface area contributed by atoms with Gasteiger partial charge in [0.25, 0.3) is 0 Å². The SMILES string of the molecule is Fc1cccc(OCc2ccncc2)c1C1=NCCCN1. The molecule has 0 saturated carbocycles. The average molecular weight is 285 g/mol. The number of amidine groups is 1. The summed E-state index contributed by atoms with van der Waals surface area (Å²) in [6, 6.07) is 8.57. The molecule has 108 valence electrons. The van der Waals surface area contributed by atoms with Crippen molar-refractivity contribution in [3.63, 3.8) is 0 Å². The van der Waals surface area contributed by atoms with Crippen molar-refractivity contribution in [3.8, 4) is 5.75 Å². The Morgan fingerprint density at radius 2 is 2.05 bits per heavy atom. The summed E-state index contributed by atoms with van der Waals surface area (Å²) < 4.78 is 19.9. The van der Waals surface area contributed by atoms with Crippen molar-refractivity contribution >= 4 is 5.84 Å². The topological polar surface area (TPSA) is 46.5 Å². The average Bonchev–Trinajstić information content (AvgIpc) is 2.55. The van der Waals surface area contributed by atoms with E-state index >= 15 is 0 Å². The number of ether oxygens (including phenoxy) is 1. The zero-order valence-electron chi connectivity index (χ0n) is 11.6. The van der Waals surface area contributed by atoms with Gasteiger partial charge in [-0.25, -0.2) is 4.39 Å². The Morgan fingerprint density at radius 1 is 1.19 bits per heavy atom. The largest absolute Gasteiger partial charge is 0.488 e. The van der Waals surface area contributed by atoms with Crippen LogP contribution in [0.3, 0.4) is 0 Å². The Balaban J connectivity index is 1.85. The zero-order valence-corrected chi connectivity index (χ0v) is 11.6. The molecule has 0 atom stereocenters. The summed E-state index contributed by atoms with van der Waals surface area (Å²) in [5, 5.41) is 3.13. The van der Waals surface area contributed by atoms with Crippen LogP contribution in [-0.4, -0.2) is 23.9 Å². The summed E-state index contributed by atoms with van der Waals surface area (Å²) >= 11 is 0. The molecular formula is C16H16FN3O. The van der Waals surface area contributed by atoms with Gasteiger partial charge in [-0.2, -0.15) is 0 Å². The second-order valence-corrected chi connectivity index (χ2v) is 4.77. The maximum Gasteiger partial charge on any atom is 0.137 e. The Bertz CT molecular complexity index is 643. The minimum absolute atomic E-state index is 0.324. The van der Waals surface area contributed by atoms with Crippen LogP contribution in [0.1, 0.15) is 17.5 Å². The fourth-order valence-electron chi connectivity index (χ4n) is 2.19. The molecule has 0 bridgehead atoms. The number of benzene rings is 1. The monoisotopic (exact) mass is 285 g/mol. The van der Waals surface area contributed by atoms with Crippen LogP contribution in [0.2, 0.25) is 0 Å². The number of nitrogens with one attached hydrogen (secondary N) is 1. The van der Waals surface area contributed by atoms with E-state index in [4.69, 9.17) is 4.74 Å². The van der Waals surface area contributed by atoms with Gasteiger partial charge in [0.2, 0.25) is 0 Å². The van der Waals surface area contributed by atoms with Crippen LogP contribution < -0.4 is 10.1 Å². The van der Waals surface area contributed by atoms with Crippen LogP contribution >= 0.6 is 0 Å². The van der Waals surface area contributed by atoms with E-state index in [1.54, 1.807) is 24.5 Å². The lowest BCUT2D eigenvalue weighted by molar-refractivity contribution is 0.303. The van der Waals surface area contributed by atoms with E-state index < -0.39 is 0 Å². The molecule has 0 unspecified atom stereocenters. The summed E-state index contributed by atoms with van der Waals surface area (Å²) in [6.45, 7) is 1.88. The van der Waals surface area contributed by atoms with Crippen LogP contribution in [0.15, 0.2) is 47.7 Å². The van der Waals surface area contributed by atoms with E-state index in [-0.39, 0.29) is 5.82 Å². The van der Waals surface area contributed by atoms with E-state index in [9.17, 15) is 4.39 Å². The molecule has 4 nitrogen and oxygen atoms in total. The highest BCUT2D eigenvalue weighted by Gasteiger charge is 2.17. The van der Waals surface area contributed by atoms with Crippen molar-refractivity contribution < 1.29 is 9.13 Å². The van der Waals surface area contributed by atoms with Crippen molar-refractivity contribution in [2.45, 2.75) is 13.0 Å². The van der Waals surface area contributed by atoms with Crippen molar-refractivity contribution in [2.24, 2.45) is 4.99 Å². The predicted molar refractivity (Wildman–Crippen MR) is 79.0 cm³/mol. The number of halogens is 1. The lowest BCUT2D eigenvalue weighted by Gasteiger charge is -2.18. The van der Waals surface area contributed by atoms with Crippen molar-refractivity contribution in [3.05, 3.63) is 59.7 Å². The fourth-order valence-corrected chi connectivity index (χ4v) is 2.19. The van der Waals surface area contributed by atoms with Crippen molar-refractivity contribution in [1.82, 2.24) is 10.3 Å². The van der Waals surface area contributed by atoms with Gasteiger partial charge >= 0.3 is 0 Å². The first kappa shape index (κ1) is 13.5. The van der Waals surface area contributed by atoms with Crippen LogP contribution in [0.5, 0.6) is 5.75 Å². The molecule has 1 aromatic heterocycles. The standard InChI is InChI=1S/C16H16FN3O/c17-13-3-1-4-14(15(13)16-19-7-2-8-20-16)21-11-12-5-9-18-10-6-12/h1,3-6,9-10H,2,7-8,11H2,(H,19,20). The highest BCUT2D eigenvalue weighted by molar-refractivity contribution is 6.01. The van der Waals surface area contributed by atoms with Crippen molar-refractivity contribution in [2.75, 3.05) is 13.1 Å². The highest BCUT2D eigenvalue weighted by atomic mass is 19.1.